The lowest BCUT2D eigenvalue weighted by Crippen LogP contribution is -2.57. The van der Waals surface area contributed by atoms with Crippen molar-refractivity contribution in [3.63, 3.8) is 0 Å². The van der Waals surface area contributed by atoms with E-state index in [4.69, 9.17) is 10.8 Å². The molecule has 0 aromatic heterocycles. The van der Waals surface area contributed by atoms with Gasteiger partial charge >= 0.3 is 5.97 Å². The highest BCUT2D eigenvalue weighted by molar-refractivity contribution is 5.93. The van der Waals surface area contributed by atoms with E-state index in [1.165, 1.54) is 31.2 Å². The van der Waals surface area contributed by atoms with Crippen molar-refractivity contribution in [2.75, 3.05) is 13.2 Å². The van der Waals surface area contributed by atoms with Gasteiger partial charge in [-0.1, -0.05) is 12.1 Å². The lowest BCUT2D eigenvalue weighted by Gasteiger charge is -2.22. The molecule has 1 rings (SSSR count). The van der Waals surface area contributed by atoms with Crippen LogP contribution in [0.5, 0.6) is 5.75 Å². The molecule has 3 amide bonds. The van der Waals surface area contributed by atoms with Gasteiger partial charge in [0.2, 0.25) is 17.7 Å². The summed E-state index contributed by atoms with van der Waals surface area (Å²) < 4.78 is 0. The summed E-state index contributed by atoms with van der Waals surface area (Å²) in [6, 6.07) is 2.41. The quantitative estimate of drug-likeness (QED) is 0.225. The SMILES string of the molecule is CC(N)C(=O)NC(CO)C(=O)NC(Cc1ccc(O)cc1)C(=O)NCC(=O)O. The first-order valence-electron chi connectivity index (χ1n) is 8.38. The van der Waals surface area contributed by atoms with Crippen molar-refractivity contribution < 1.29 is 34.5 Å². The number of aliphatic hydroxyl groups is 1. The maximum Gasteiger partial charge on any atom is 0.322 e. The summed E-state index contributed by atoms with van der Waals surface area (Å²) in [7, 11) is 0. The number of carbonyl (C=O) groups excluding carboxylic acids is 3. The van der Waals surface area contributed by atoms with Gasteiger partial charge in [0.05, 0.1) is 12.6 Å². The standard InChI is InChI=1S/C17H24N4O7/c1-9(18)15(26)21-13(8-22)17(28)20-12(16(27)19-7-14(24)25)6-10-2-4-11(23)5-3-10/h2-5,9,12-13,22-23H,6-8,18H2,1H3,(H,19,27)(H,20,28)(H,21,26)(H,24,25). The van der Waals surface area contributed by atoms with Gasteiger partial charge in [-0.15, -0.1) is 0 Å². The molecule has 3 atom stereocenters. The van der Waals surface area contributed by atoms with Gasteiger partial charge in [0, 0.05) is 6.42 Å². The van der Waals surface area contributed by atoms with Gasteiger partial charge in [0.25, 0.3) is 0 Å². The molecule has 0 aliphatic carbocycles. The predicted octanol–water partition coefficient (Wildman–Crippen LogP) is -2.56. The Balaban J connectivity index is 2.91. The number of amides is 3. The van der Waals surface area contributed by atoms with E-state index < -0.39 is 55.0 Å². The van der Waals surface area contributed by atoms with Crippen molar-refractivity contribution in [3.05, 3.63) is 29.8 Å². The Kier molecular flexibility index (Phi) is 8.85. The van der Waals surface area contributed by atoms with Crippen LogP contribution in [0.3, 0.4) is 0 Å². The lowest BCUT2D eigenvalue weighted by molar-refractivity contribution is -0.138. The number of nitrogens with one attached hydrogen (secondary N) is 3. The highest BCUT2D eigenvalue weighted by atomic mass is 16.4. The lowest BCUT2D eigenvalue weighted by atomic mass is 10.0. The molecular formula is C17H24N4O7. The average molecular weight is 396 g/mol. The number of carboxylic acid groups (broad SMARTS) is 1. The predicted molar refractivity (Wildman–Crippen MR) is 97.1 cm³/mol. The second kappa shape index (κ2) is 10.8. The van der Waals surface area contributed by atoms with Crippen molar-refractivity contribution in [2.45, 2.75) is 31.5 Å². The van der Waals surface area contributed by atoms with Gasteiger partial charge in [-0.3, -0.25) is 19.2 Å². The van der Waals surface area contributed by atoms with E-state index in [2.05, 4.69) is 16.0 Å². The molecule has 0 heterocycles. The fourth-order valence-corrected chi connectivity index (χ4v) is 2.13. The normalized spacial score (nSPS) is 13.7. The maximum absolute atomic E-state index is 12.4. The molecule has 3 unspecified atom stereocenters. The summed E-state index contributed by atoms with van der Waals surface area (Å²) in [4.78, 5) is 47.0. The molecule has 0 fully saturated rings. The van der Waals surface area contributed by atoms with Crippen LogP contribution in [0.4, 0.5) is 0 Å². The van der Waals surface area contributed by atoms with Crippen LogP contribution in [-0.2, 0) is 25.6 Å². The van der Waals surface area contributed by atoms with Crippen LogP contribution in [-0.4, -0.2) is 70.3 Å². The van der Waals surface area contributed by atoms with Crippen molar-refractivity contribution in [1.29, 1.82) is 0 Å². The molecule has 154 valence electrons. The first-order chi connectivity index (χ1) is 13.1. The number of aromatic hydroxyl groups is 1. The molecule has 0 aliphatic heterocycles. The van der Waals surface area contributed by atoms with E-state index in [0.29, 0.717) is 5.56 Å². The minimum Gasteiger partial charge on any atom is -0.508 e. The van der Waals surface area contributed by atoms with Crippen LogP contribution < -0.4 is 21.7 Å². The maximum atomic E-state index is 12.4. The summed E-state index contributed by atoms with van der Waals surface area (Å²) in [6.45, 7) is 0.0211. The number of rotatable bonds is 10. The summed E-state index contributed by atoms with van der Waals surface area (Å²) >= 11 is 0. The van der Waals surface area contributed by atoms with E-state index in [0.717, 1.165) is 0 Å². The third-order valence-corrected chi connectivity index (χ3v) is 3.65. The molecule has 0 saturated carbocycles. The van der Waals surface area contributed by atoms with Gasteiger partial charge in [-0.2, -0.15) is 0 Å². The third kappa shape index (κ3) is 7.60. The Morgan fingerprint density at radius 1 is 1.00 bits per heavy atom. The number of phenolic OH excluding ortho intramolecular Hbond substituents is 1. The molecular weight excluding hydrogens is 372 g/mol. The number of aliphatic carboxylic acids is 1. The third-order valence-electron chi connectivity index (χ3n) is 3.65. The van der Waals surface area contributed by atoms with Crippen LogP contribution in [0.2, 0.25) is 0 Å². The van der Waals surface area contributed by atoms with Crippen LogP contribution in [0, 0.1) is 0 Å². The highest BCUT2D eigenvalue weighted by Crippen LogP contribution is 2.11. The van der Waals surface area contributed by atoms with Crippen molar-refractivity contribution in [1.82, 2.24) is 16.0 Å². The molecule has 0 spiro atoms. The molecule has 11 nitrogen and oxygen atoms in total. The van der Waals surface area contributed by atoms with Crippen LogP contribution in [0.15, 0.2) is 24.3 Å². The van der Waals surface area contributed by atoms with Gasteiger partial charge in [-0.25, -0.2) is 0 Å². The Morgan fingerprint density at radius 2 is 1.57 bits per heavy atom. The van der Waals surface area contributed by atoms with Gasteiger partial charge < -0.3 is 37.0 Å². The number of phenols is 1. The van der Waals surface area contributed by atoms with E-state index in [1.54, 1.807) is 0 Å². The van der Waals surface area contributed by atoms with E-state index in [1.807, 2.05) is 0 Å². The second-order valence-electron chi connectivity index (χ2n) is 6.08. The molecule has 0 radical (unpaired) electrons. The molecule has 1 aromatic carbocycles. The molecule has 1 aromatic rings. The molecule has 0 bridgehead atoms. The number of hydrogen-bond donors (Lipinski definition) is 7. The first kappa shape index (κ1) is 22.9. The van der Waals surface area contributed by atoms with Gasteiger partial charge in [0.15, 0.2) is 0 Å². The topological polar surface area (TPSA) is 191 Å². The highest BCUT2D eigenvalue weighted by Gasteiger charge is 2.27. The van der Waals surface area contributed by atoms with Gasteiger partial charge in [0.1, 0.15) is 24.4 Å². The Bertz CT molecular complexity index is 706. The number of aliphatic hydroxyl groups excluding tert-OH is 1. The summed E-state index contributed by atoms with van der Waals surface area (Å²) in [5.41, 5.74) is 5.98. The van der Waals surface area contributed by atoms with Gasteiger partial charge in [-0.05, 0) is 24.6 Å². The minimum atomic E-state index is -1.34. The van der Waals surface area contributed by atoms with E-state index in [9.17, 15) is 29.4 Å². The Hall–Kier alpha value is -3.18. The molecule has 0 saturated heterocycles. The fourth-order valence-electron chi connectivity index (χ4n) is 2.13. The number of benzene rings is 1. The van der Waals surface area contributed by atoms with Crippen molar-refractivity contribution in [2.24, 2.45) is 5.73 Å². The Morgan fingerprint density at radius 3 is 2.07 bits per heavy atom. The fraction of sp³-hybridized carbons (Fsp3) is 0.412. The number of hydrogen-bond acceptors (Lipinski definition) is 7. The largest absolute Gasteiger partial charge is 0.508 e. The smallest absolute Gasteiger partial charge is 0.322 e. The van der Waals surface area contributed by atoms with Crippen molar-refractivity contribution >= 4 is 23.7 Å². The summed E-state index contributed by atoms with van der Waals surface area (Å²) in [6.07, 6.45) is -0.0170. The minimum absolute atomic E-state index is 0.0126. The summed E-state index contributed by atoms with van der Waals surface area (Å²) in [5.74, 6) is -3.52. The Labute approximate surface area is 160 Å². The molecule has 0 aliphatic rings. The van der Waals surface area contributed by atoms with E-state index in [-0.39, 0.29) is 12.2 Å². The molecule has 11 heteroatoms. The van der Waals surface area contributed by atoms with Crippen molar-refractivity contribution in [3.8, 4) is 5.75 Å². The van der Waals surface area contributed by atoms with Crippen LogP contribution in [0.25, 0.3) is 0 Å². The number of carboxylic acids is 1. The monoisotopic (exact) mass is 396 g/mol. The zero-order valence-corrected chi connectivity index (χ0v) is 15.2. The zero-order chi connectivity index (χ0) is 21.3. The van der Waals surface area contributed by atoms with E-state index >= 15 is 0 Å². The second-order valence-corrected chi connectivity index (χ2v) is 6.08. The zero-order valence-electron chi connectivity index (χ0n) is 15.2. The first-order valence-corrected chi connectivity index (χ1v) is 8.38. The van der Waals surface area contributed by atoms with Crippen LogP contribution >= 0.6 is 0 Å². The van der Waals surface area contributed by atoms with Crippen LogP contribution in [0.1, 0.15) is 12.5 Å². The number of carbonyl (C=O) groups is 4. The average Bonchev–Trinajstić information content (AvgIpc) is 2.64. The number of nitrogens with two attached hydrogens (primary N) is 1. The summed E-state index contributed by atoms with van der Waals surface area (Å²) in [5, 5.41) is 34.2. The molecule has 8 N–H and O–H groups in total. The molecule has 28 heavy (non-hydrogen) atoms.